The molecule has 50 heavy (non-hydrogen) atoms. The average Bonchev–Trinajstić information content (AvgIpc) is 3.12. The van der Waals surface area contributed by atoms with E-state index in [-0.39, 0.29) is 12.5 Å². The van der Waals surface area contributed by atoms with Gasteiger partial charge in [-0.1, -0.05) is 218 Å². The Balaban J connectivity index is 3.51. The molecule has 4 heteroatoms. The fraction of sp³-hybridized carbons (Fsp3) is 0.891. The zero-order chi connectivity index (χ0) is 36.4. The minimum atomic E-state index is -0.842. The average molecular weight is 704 g/mol. The molecule has 0 radical (unpaired) electrons. The maximum absolute atomic E-state index is 12.3. The Bertz CT molecular complexity index is 720. The summed E-state index contributed by atoms with van der Waals surface area (Å²) in [5, 5.41) is 23.0. The van der Waals surface area contributed by atoms with E-state index in [1.165, 1.54) is 186 Å². The largest absolute Gasteiger partial charge is 0.394 e. The molecule has 2 atom stereocenters. The van der Waals surface area contributed by atoms with Crippen molar-refractivity contribution in [2.24, 2.45) is 0 Å². The third kappa shape index (κ3) is 38.1. The van der Waals surface area contributed by atoms with E-state index in [2.05, 4.69) is 31.3 Å². The van der Waals surface area contributed by atoms with Gasteiger partial charge in [0.2, 0.25) is 5.91 Å². The van der Waals surface area contributed by atoms with Gasteiger partial charge >= 0.3 is 0 Å². The molecule has 0 aliphatic heterocycles. The van der Waals surface area contributed by atoms with E-state index in [0.717, 1.165) is 38.5 Å². The Kier molecular flexibility index (Phi) is 41.3. The Labute approximate surface area is 313 Å². The molecule has 0 aromatic heterocycles. The van der Waals surface area contributed by atoms with Crippen LogP contribution in [0.1, 0.15) is 245 Å². The summed E-state index contributed by atoms with van der Waals surface area (Å²) in [6.07, 6.45) is 54.4. The Morgan fingerprint density at radius 2 is 0.760 bits per heavy atom. The van der Waals surface area contributed by atoms with Crippen LogP contribution in [0.2, 0.25) is 0 Å². The van der Waals surface area contributed by atoms with Crippen LogP contribution in [0.3, 0.4) is 0 Å². The number of amides is 1. The zero-order valence-electron chi connectivity index (χ0n) is 33.9. The van der Waals surface area contributed by atoms with Crippen molar-refractivity contribution >= 4 is 5.91 Å². The van der Waals surface area contributed by atoms with Crippen LogP contribution in [0.4, 0.5) is 0 Å². The van der Waals surface area contributed by atoms with E-state index < -0.39 is 12.1 Å². The van der Waals surface area contributed by atoms with Gasteiger partial charge in [-0.25, -0.2) is 0 Å². The maximum atomic E-state index is 12.3. The van der Waals surface area contributed by atoms with Gasteiger partial charge in [-0.3, -0.25) is 4.79 Å². The number of nitrogens with one attached hydrogen (secondary N) is 1. The second-order valence-electron chi connectivity index (χ2n) is 15.5. The van der Waals surface area contributed by atoms with Crippen LogP contribution in [0.25, 0.3) is 0 Å². The summed E-state index contributed by atoms with van der Waals surface area (Å²) in [4.78, 5) is 12.3. The third-order valence-corrected chi connectivity index (χ3v) is 10.4. The predicted octanol–water partition coefficient (Wildman–Crippen LogP) is 14.0. The number of allylic oxidation sites excluding steroid dienone is 3. The van der Waals surface area contributed by atoms with Gasteiger partial charge in [-0.15, -0.1) is 0 Å². The minimum Gasteiger partial charge on any atom is -0.394 e. The van der Waals surface area contributed by atoms with Crippen molar-refractivity contribution in [2.45, 2.75) is 257 Å². The van der Waals surface area contributed by atoms with Crippen molar-refractivity contribution in [1.29, 1.82) is 0 Å². The first-order chi connectivity index (χ1) is 24.7. The summed E-state index contributed by atoms with van der Waals surface area (Å²) >= 11 is 0. The molecule has 3 N–H and O–H groups in total. The molecule has 0 rings (SSSR count). The zero-order valence-corrected chi connectivity index (χ0v) is 33.9. The molecule has 0 heterocycles. The fourth-order valence-corrected chi connectivity index (χ4v) is 6.94. The van der Waals surface area contributed by atoms with Gasteiger partial charge in [0.15, 0.2) is 0 Å². The van der Waals surface area contributed by atoms with Gasteiger partial charge in [0, 0.05) is 6.42 Å². The van der Waals surface area contributed by atoms with Crippen LogP contribution in [-0.4, -0.2) is 34.9 Å². The Morgan fingerprint density at radius 3 is 1.10 bits per heavy atom. The Morgan fingerprint density at radius 1 is 0.460 bits per heavy atom. The molecule has 4 nitrogen and oxygen atoms in total. The second kappa shape index (κ2) is 42.3. The SMILES string of the molecule is CCCCCCCC/C=C\CCCCCC(=O)NC(CO)C(O)/C=C/CCCCCCCCCCCCCCCCCCCCCCCCC. The minimum absolute atomic E-state index is 0.0788. The van der Waals surface area contributed by atoms with Crippen LogP contribution >= 0.6 is 0 Å². The molecular formula is C46H89NO3. The predicted molar refractivity (Wildman–Crippen MR) is 221 cm³/mol. The van der Waals surface area contributed by atoms with Gasteiger partial charge < -0.3 is 15.5 Å². The molecule has 0 bridgehead atoms. The first kappa shape index (κ1) is 48.9. The highest BCUT2D eigenvalue weighted by atomic mass is 16.3. The van der Waals surface area contributed by atoms with Crippen molar-refractivity contribution in [1.82, 2.24) is 5.32 Å². The lowest BCUT2D eigenvalue weighted by molar-refractivity contribution is -0.123. The van der Waals surface area contributed by atoms with Gasteiger partial charge in [0.1, 0.15) is 0 Å². The van der Waals surface area contributed by atoms with Crippen LogP contribution < -0.4 is 5.32 Å². The van der Waals surface area contributed by atoms with E-state index in [0.29, 0.717) is 6.42 Å². The van der Waals surface area contributed by atoms with E-state index >= 15 is 0 Å². The van der Waals surface area contributed by atoms with Crippen molar-refractivity contribution in [3.63, 3.8) is 0 Å². The molecule has 0 saturated carbocycles. The Hall–Kier alpha value is -1.13. The first-order valence-electron chi connectivity index (χ1n) is 22.6. The van der Waals surface area contributed by atoms with Crippen molar-refractivity contribution in [2.75, 3.05) is 6.61 Å². The number of carbonyl (C=O) groups excluding carboxylic acids is 1. The summed E-state index contributed by atoms with van der Waals surface area (Å²) in [5.74, 6) is -0.0788. The molecule has 0 spiro atoms. The van der Waals surface area contributed by atoms with Crippen molar-refractivity contribution in [3.8, 4) is 0 Å². The normalized spacial score (nSPS) is 13.1. The standard InChI is InChI=1S/C46H89NO3/c1-3-5-7-9-11-13-15-17-18-19-20-21-22-23-24-25-26-27-28-30-31-33-35-37-39-41-45(49)44(43-48)47-46(50)42-40-38-36-34-32-29-16-14-12-10-8-6-4-2/h29,32,39,41,44-45,48-49H,3-28,30-31,33-38,40,42-43H2,1-2H3,(H,47,50)/b32-29-,41-39+. The summed E-state index contributed by atoms with van der Waals surface area (Å²) < 4.78 is 0. The molecule has 0 aliphatic carbocycles. The highest BCUT2D eigenvalue weighted by Gasteiger charge is 2.17. The lowest BCUT2D eigenvalue weighted by Crippen LogP contribution is -2.45. The molecule has 296 valence electrons. The van der Waals surface area contributed by atoms with Crippen LogP contribution in [0, 0.1) is 0 Å². The lowest BCUT2D eigenvalue weighted by atomic mass is 10.0. The lowest BCUT2D eigenvalue weighted by Gasteiger charge is -2.19. The highest BCUT2D eigenvalue weighted by molar-refractivity contribution is 5.76. The first-order valence-corrected chi connectivity index (χ1v) is 22.6. The summed E-state index contributed by atoms with van der Waals surface area (Å²) in [6.45, 7) is 4.30. The molecule has 0 fully saturated rings. The van der Waals surface area contributed by atoms with Crippen molar-refractivity contribution < 1.29 is 15.0 Å². The fourth-order valence-electron chi connectivity index (χ4n) is 6.94. The number of hydrogen-bond donors (Lipinski definition) is 3. The molecule has 1 amide bonds. The van der Waals surface area contributed by atoms with Crippen LogP contribution in [-0.2, 0) is 4.79 Å². The van der Waals surface area contributed by atoms with E-state index in [9.17, 15) is 15.0 Å². The second-order valence-corrected chi connectivity index (χ2v) is 15.5. The summed E-state index contributed by atoms with van der Waals surface area (Å²) in [5.41, 5.74) is 0. The number of aliphatic hydroxyl groups is 2. The number of rotatable bonds is 41. The monoisotopic (exact) mass is 704 g/mol. The molecule has 0 aliphatic rings. The van der Waals surface area contributed by atoms with Gasteiger partial charge in [0.05, 0.1) is 18.8 Å². The molecule has 0 saturated heterocycles. The smallest absolute Gasteiger partial charge is 0.220 e. The quantitative estimate of drug-likeness (QED) is 0.0438. The topological polar surface area (TPSA) is 69.6 Å². The highest BCUT2D eigenvalue weighted by Crippen LogP contribution is 2.16. The van der Waals surface area contributed by atoms with Gasteiger partial charge in [-0.05, 0) is 44.9 Å². The molecule has 2 unspecified atom stereocenters. The summed E-state index contributed by atoms with van der Waals surface area (Å²) in [7, 11) is 0. The van der Waals surface area contributed by atoms with Gasteiger partial charge in [-0.2, -0.15) is 0 Å². The van der Waals surface area contributed by atoms with E-state index in [4.69, 9.17) is 0 Å². The van der Waals surface area contributed by atoms with Crippen molar-refractivity contribution in [3.05, 3.63) is 24.3 Å². The van der Waals surface area contributed by atoms with Crippen LogP contribution in [0.5, 0.6) is 0 Å². The number of aliphatic hydroxyl groups excluding tert-OH is 2. The number of hydrogen-bond acceptors (Lipinski definition) is 3. The molecule has 0 aromatic carbocycles. The maximum Gasteiger partial charge on any atom is 0.220 e. The van der Waals surface area contributed by atoms with Crippen LogP contribution in [0.15, 0.2) is 24.3 Å². The number of carbonyl (C=O) groups is 1. The van der Waals surface area contributed by atoms with Gasteiger partial charge in [0.25, 0.3) is 0 Å². The summed E-state index contributed by atoms with van der Waals surface area (Å²) in [6, 6.07) is -0.627. The third-order valence-electron chi connectivity index (χ3n) is 10.4. The van der Waals surface area contributed by atoms with E-state index in [1.807, 2.05) is 6.08 Å². The molecule has 0 aromatic rings. The number of unbranched alkanes of at least 4 members (excludes halogenated alkanes) is 32. The van der Waals surface area contributed by atoms with E-state index in [1.54, 1.807) is 6.08 Å². The molecular weight excluding hydrogens is 615 g/mol.